The number of nitrogens with two attached hydrogens (primary N) is 1. The molecule has 0 atom stereocenters. The van der Waals surface area contributed by atoms with Crippen molar-refractivity contribution in [3.63, 3.8) is 0 Å². The summed E-state index contributed by atoms with van der Waals surface area (Å²) in [6.07, 6.45) is 2.77. The van der Waals surface area contributed by atoms with Gasteiger partial charge in [-0.3, -0.25) is 9.59 Å². The van der Waals surface area contributed by atoms with Gasteiger partial charge in [0, 0.05) is 29.3 Å². The van der Waals surface area contributed by atoms with E-state index in [1.165, 1.54) is 18.3 Å². The normalized spacial score (nSPS) is 14.8. The van der Waals surface area contributed by atoms with Crippen molar-refractivity contribution in [1.29, 1.82) is 0 Å². The largest absolute Gasteiger partial charge is 0.461 e. The van der Waals surface area contributed by atoms with E-state index >= 15 is 0 Å². The van der Waals surface area contributed by atoms with E-state index < -0.39 is 5.91 Å². The minimum absolute atomic E-state index is 0.107. The van der Waals surface area contributed by atoms with Crippen molar-refractivity contribution in [2.45, 2.75) is 19.4 Å². The lowest BCUT2D eigenvalue weighted by atomic mass is 9.97. The molecule has 1 aliphatic heterocycles. The number of pyridine rings is 1. The maximum absolute atomic E-state index is 13.1. The highest BCUT2D eigenvalue weighted by atomic mass is 79.9. The predicted octanol–water partition coefficient (Wildman–Crippen LogP) is 3.04. The lowest BCUT2D eigenvalue weighted by Gasteiger charge is -2.31. The molecule has 0 spiro atoms. The minimum Gasteiger partial charge on any atom is -0.461 e. The lowest BCUT2D eigenvalue weighted by molar-refractivity contribution is -0.150. The number of hydrogen-bond acceptors (Lipinski definition) is 5. The molecular formula is C19H19BrFN3O3. The number of ether oxygens (including phenoxy) is 1. The number of halogens is 2. The molecule has 27 heavy (non-hydrogen) atoms. The van der Waals surface area contributed by atoms with Crippen molar-refractivity contribution in [3.05, 3.63) is 57.9 Å². The van der Waals surface area contributed by atoms with Crippen LogP contribution in [0.25, 0.3) is 0 Å². The summed E-state index contributed by atoms with van der Waals surface area (Å²) in [6.45, 7) is 1.45. The van der Waals surface area contributed by atoms with Crippen molar-refractivity contribution < 1.29 is 18.7 Å². The second-order valence-electron chi connectivity index (χ2n) is 6.37. The molecule has 6 nitrogen and oxygen atoms in total. The van der Waals surface area contributed by atoms with Crippen LogP contribution in [0, 0.1) is 11.7 Å². The van der Waals surface area contributed by atoms with Gasteiger partial charge in [-0.25, -0.2) is 9.37 Å². The predicted molar refractivity (Wildman–Crippen MR) is 102 cm³/mol. The molecule has 1 aromatic heterocycles. The van der Waals surface area contributed by atoms with E-state index in [2.05, 4.69) is 25.8 Å². The van der Waals surface area contributed by atoms with Crippen LogP contribution in [-0.2, 0) is 16.1 Å². The first-order chi connectivity index (χ1) is 12.9. The summed E-state index contributed by atoms with van der Waals surface area (Å²) in [6, 6.07) is 7.67. The van der Waals surface area contributed by atoms with Gasteiger partial charge < -0.3 is 15.4 Å². The van der Waals surface area contributed by atoms with Crippen molar-refractivity contribution >= 4 is 33.6 Å². The Labute approximate surface area is 164 Å². The fourth-order valence-corrected chi connectivity index (χ4v) is 3.43. The van der Waals surface area contributed by atoms with Crippen LogP contribution in [-0.4, -0.2) is 29.9 Å². The Balaban J connectivity index is 1.51. The Kier molecular flexibility index (Phi) is 6.05. The quantitative estimate of drug-likeness (QED) is 0.729. The van der Waals surface area contributed by atoms with Crippen LogP contribution in [0.4, 0.5) is 10.2 Å². The van der Waals surface area contributed by atoms with Gasteiger partial charge in [-0.1, -0.05) is 22.0 Å². The molecule has 2 N–H and O–H groups in total. The van der Waals surface area contributed by atoms with E-state index in [0.717, 1.165) is 11.4 Å². The highest BCUT2D eigenvalue weighted by Gasteiger charge is 2.27. The van der Waals surface area contributed by atoms with Gasteiger partial charge in [-0.05, 0) is 37.1 Å². The Morgan fingerprint density at radius 1 is 1.26 bits per heavy atom. The summed E-state index contributed by atoms with van der Waals surface area (Å²) in [5, 5.41) is 0. The summed E-state index contributed by atoms with van der Waals surface area (Å²) < 4.78 is 19.1. The summed E-state index contributed by atoms with van der Waals surface area (Å²) in [5.41, 5.74) is 6.30. The molecule has 2 aromatic rings. The van der Waals surface area contributed by atoms with Gasteiger partial charge in [0.25, 0.3) is 0 Å². The van der Waals surface area contributed by atoms with Crippen molar-refractivity contribution in [3.8, 4) is 0 Å². The number of carbonyl (C=O) groups is 2. The minimum atomic E-state index is -0.511. The highest BCUT2D eigenvalue weighted by Crippen LogP contribution is 2.24. The molecular weight excluding hydrogens is 417 g/mol. The highest BCUT2D eigenvalue weighted by molar-refractivity contribution is 9.10. The van der Waals surface area contributed by atoms with E-state index in [9.17, 15) is 14.0 Å². The smallest absolute Gasteiger partial charge is 0.309 e. The number of anilines is 1. The SMILES string of the molecule is NC(=O)c1ccc(N2CCC(C(=O)OCc3ccc(F)cc3Br)CC2)nc1. The molecule has 1 saturated heterocycles. The molecule has 1 amide bonds. The number of carbonyl (C=O) groups excluding carboxylic acids is 2. The molecule has 142 valence electrons. The molecule has 3 rings (SSSR count). The summed E-state index contributed by atoms with van der Waals surface area (Å²) >= 11 is 3.27. The molecule has 1 aliphatic rings. The fraction of sp³-hybridized carbons (Fsp3) is 0.316. The average molecular weight is 436 g/mol. The van der Waals surface area contributed by atoms with Crippen molar-refractivity contribution in [2.75, 3.05) is 18.0 Å². The number of esters is 1. The molecule has 0 unspecified atom stereocenters. The number of amides is 1. The number of hydrogen-bond donors (Lipinski definition) is 1. The van der Waals surface area contributed by atoms with Gasteiger partial charge in [0.05, 0.1) is 11.5 Å². The van der Waals surface area contributed by atoms with E-state index in [1.54, 1.807) is 18.2 Å². The number of benzene rings is 1. The van der Waals surface area contributed by atoms with Gasteiger partial charge in [0.2, 0.25) is 5.91 Å². The van der Waals surface area contributed by atoms with Crippen LogP contribution in [0.1, 0.15) is 28.8 Å². The first-order valence-electron chi connectivity index (χ1n) is 8.55. The molecule has 1 aromatic carbocycles. The van der Waals surface area contributed by atoms with Crippen molar-refractivity contribution in [2.24, 2.45) is 11.7 Å². The Morgan fingerprint density at radius 2 is 2.00 bits per heavy atom. The molecule has 2 heterocycles. The number of primary amides is 1. The lowest BCUT2D eigenvalue weighted by Crippen LogP contribution is -2.37. The second kappa shape index (κ2) is 8.47. The second-order valence-corrected chi connectivity index (χ2v) is 7.23. The molecule has 0 aliphatic carbocycles. The zero-order chi connectivity index (χ0) is 19.4. The molecule has 8 heteroatoms. The van der Waals surface area contributed by atoms with Crippen LogP contribution in [0.5, 0.6) is 0 Å². The van der Waals surface area contributed by atoms with Crippen molar-refractivity contribution in [1.82, 2.24) is 4.98 Å². The molecule has 0 radical (unpaired) electrons. The van der Waals surface area contributed by atoms with Crippen LogP contribution in [0.3, 0.4) is 0 Å². The standard InChI is InChI=1S/C19H19BrFN3O3/c20-16-9-15(21)3-1-14(16)11-27-19(26)12-5-7-24(8-6-12)17-4-2-13(10-23-17)18(22)25/h1-4,9-10,12H,5-8,11H2,(H2,22,25). The first-order valence-corrected chi connectivity index (χ1v) is 9.34. The zero-order valence-electron chi connectivity index (χ0n) is 14.5. The number of rotatable bonds is 5. The summed E-state index contributed by atoms with van der Waals surface area (Å²) in [5.74, 6) is -0.527. The van der Waals surface area contributed by atoms with Crippen LogP contribution in [0.2, 0.25) is 0 Å². The third-order valence-electron chi connectivity index (χ3n) is 4.57. The third kappa shape index (κ3) is 4.82. The van der Waals surface area contributed by atoms with E-state index in [0.29, 0.717) is 36.0 Å². The maximum Gasteiger partial charge on any atom is 0.309 e. The first kappa shape index (κ1) is 19.3. The van der Waals surface area contributed by atoms with E-state index in [-0.39, 0.29) is 24.3 Å². The fourth-order valence-electron chi connectivity index (χ4n) is 2.97. The van der Waals surface area contributed by atoms with Gasteiger partial charge in [0.15, 0.2) is 0 Å². The average Bonchev–Trinajstić information content (AvgIpc) is 2.67. The van der Waals surface area contributed by atoms with Crippen LogP contribution < -0.4 is 10.6 Å². The van der Waals surface area contributed by atoms with E-state index in [1.807, 2.05) is 0 Å². The van der Waals surface area contributed by atoms with Gasteiger partial charge >= 0.3 is 5.97 Å². The molecule has 0 saturated carbocycles. The number of nitrogens with zero attached hydrogens (tertiary/aromatic N) is 2. The topological polar surface area (TPSA) is 85.5 Å². The Morgan fingerprint density at radius 3 is 2.59 bits per heavy atom. The molecule has 1 fully saturated rings. The van der Waals surface area contributed by atoms with Gasteiger partial charge in [-0.2, -0.15) is 0 Å². The third-order valence-corrected chi connectivity index (χ3v) is 5.31. The maximum atomic E-state index is 13.1. The number of piperidine rings is 1. The zero-order valence-corrected chi connectivity index (χ0v) is 16.1. The van der Waals surface area contributed by atoms with Crippen LogP contribution in [0.15, 0.2) is 41.0 Å². The van der Waals surface area contributed by atoms with Gasteiger partial charge in [-0.15, -0.1) is 0 Å². The number of aromatic nitrogens is 1. The van der Waals surface area contributed by atoms with E-state index in [4.69, 9.17) is 10.5 Å². The van der Waals surface area contributed by atoms with Gasteiger partial charge in [0.1, 0.15) is 18.2 Å². The molecule has 0 bridgehead atoms. The Hall–Kier alpha value is -2.48. The Bertz CT molecular complexity index is 837. The summed E-state index contributed by atoms with van der Waals surface area (Å²) in [4.78, 5) is 29.7. The monoisotopic (exact) mass is 435 g/mol. The summed E-state index contributed by atoms with van der Waals surface area (Å²) in [7, 11) is 0. The van der Waals surface area contributed by atoms with Crippen LogP contribution >= 0.6 is 15.9 Å².